The average Bonchev–Trinajstić information content (AvgIpc) is 2.56. The summed E-state index contributed by atoms with van der Waals surface area (Å²) >= 11 is 5.44. The van der Waals surface area contributed by atoms with E-state index in [4.69, 9.17) is 5.73 Å². The highest BCUT2D eigenvalue weighted by Gasteiger charge is 2.17. The van der Waals surface area contributed by atoms with E-state index in [-0.39, 0.29) is 5.69 Å². The standard InChI is InChI=1S/C8H6N2O2S2/c9-4-1-2-6(13)7-5(10(11)12)3-14-8(4)7/h1-3,13H,9H2. The second-order valence-corrected chi connectivity index (χ2v) is 4.12. The molecular formula is C8H6N2O2S2. The number of rotatable bonds is 1. The molecule has 14 heavy (non-hydrogen) atoms. The number of hydrogen-bond donors (Lipinski definition) is 2. The van der Waals surface area contributed by atoms with Gasteiger partial charge in [0.25, 0.3) is 5.69 Å². The summed E-state index contributed by atoms with van der Waals surface area (Å²) in [4.78, 5) is 10.8. The van der Waals surface area contributed by atoms with Crippen molar-refractivity contribution in [2.45, 2.75) is 4.90 Å². The third-order valence-corrected chi connectivity index (χ3v) is 3.30. The van der Waals surface area contributed by atoms with Crippen LogP contribution in [0, 0.1) is 10.1 Å². The molecule has 4 nitrogen and oxygen atoms in total. The fraction of sp³-hybridized carbons (Fsp3) is 0. The number of nitro groups is 1. The Hall–Kier alpha value is -1.27. The van der Waals surface area contributed by atoms with Crippen LogP contribution in [0.3, 0.4) is 0 Å². The Kier molecular flexibility index (Phi) is 2.09. The van der Waals surface area contributed by atoms with Crippen LogP contribution in [0.1, 0.15) is 0 Å². The Labute approximate surface area is 88.9 Å². The summed E-state index contributed by atoms with van der Waals surface area (Å²) in [7, 11) is 0. The lowest BCUT2D eigenvalue weighted by Gasteiger charge is -1.97. The monoisotopic (exact) mass is 226 g/mol. The van der Waals surface area contributed by atoms with E-state index in [1.165, 1.54) is 16.7 Å². The molecule has 0 saturated carbocycles. The molecule has 0 aliphatic carbocycles. The van der Waals surface area contributed by atoms with E-state index in [1.54, 1.807) is 12.1 Å². The van der Waals surface area contributed by atoms with Crippen LogP contribution in [-0.2, 0) is 0 Å². The highest BCUT2D eigenvalue weighted by Crippen LogP contribution is 2.39. The van der Waals surface area contributed by atoms with Gasteiger partial charge in [-0.1, -0.05) is 0 Å². The van der Waals surface area contributed by atoms with E-state index < -0.39 is 4.92 Å². The number of thiophene rings is 1. The summed E-state index contributed by atoms with van der Waals surface area (Å²) in [5.74, 6) is 0. The predicted molar refractivity (Wildman–Crippen MR) is 60.1 cm³/mol. The normalized spacial score (nSPS) is 10.6. The number of hydrogen-bond acceptors (Lipinski definition) is 5. The van der Waals surface area contributed by atoms with E-state index in [0.717, 1.165) is 4.70 Å². The smallest absolute Gasteiger partial charge is 0.289 e. The van der Waals surface area contributed by atoms with Crippen LogP contribution in [0.4, 0.5) is 11.4 Å². The maximum absolute atomic E-state index is 10.7. The summed E-state index contributed by atoms with van der Waals surface area (Å²) in [6.45, 7) is 0. The molecule has 0 amide bonds. The fourth-order valence-electron chi connectivity index (χ4n) is 1.27. The third kappa shape index (κ3) is 1.23. The minimum absolute atomic E-state index is 0.0716. The molecule has 1 aromatic heterocycles. The van der Waals surface area contributed by atoms with E-state index in [2.05, 4.69) is 12.6 Å². The van der Waals surface area contributed by atoms with Gasteiger partial charge in [0.2, 0.25) is 0 Å². The molecule has 0 saturated heterocycles. The number of fused-ring (bicyclic) bond motifs is 1. The Balaban J connectivity index is 2.90. The molecule has 2 rings (SSSR count). The lowest BCUT2D eigenvalue weighted by Crippen LogP contribution is -1.88. The molecular weight excluding hydrogens is 220 g/mol. The second-order valence-electron chi connectivity index (χ2n) is 2.76. The molecule has 0 atom stereocenters. The Bertz CT molecular complexity index is 521. The molecule has 0 bridgehead atoms. The molecule has 0 aliphatic rings. The first-order chi connectivity index (χ1) is 6.61. The van der Waals surface area contributed by atoms with Gasteiger partial charge in [0.15, 0.2) is 0 Å². The van der Waals surface area contributed by atoms with Gasteiger partial charge in [-0.05, 0) is 12.1 Å². The topological polar surface area (TPSA) is 69.2 Å². The number of benzene rings is 1. The first-order valence-corrected chi connectivity index (χ1v) is 5.07. The SMILES string of the molecule is Nc1ccc(S)c2c([N+](=O)[O-])csc12. The lowest BCUT2D eigenvalue weighted by atomic mass is 10.2. The number of nitrogens with two attached hydrogens (primary N) is 1. The highest BCUT2D eigenvalue weighted by molar-refractivity contribution is 7.80. The summed E-state index contributed by atoms with van der Waals surface area (Å²) in [6, 6.07) is 3.37. The van der Waals surface area contributed by atoms with Gasteiger partial charge < -0.3 is 5.73 Å². The van der Waals surface area contributed by atoms with Crippen molar-refractivity contribution in [2.75, 3.05) is 5.73 Å². The van der Waals surface area contributed by atoms with Gasteiger partial charge in [0.05, 0.1) is 20.4 Å². The van der Waals surface area contributed by atoms with Gasteiger partial charge in [0.1, 0.15) is 0 Å². The van der Waals surface area contributed by atoms with Crippen molar-refractivity contribution in [3.8, 4) is 0 Å². The molecule has 2 N–H and O–H groups in total. The number of nitrogen functional groups attached to an aromatic ring is 1. The van der Waals surface area contributed by atoms with Crippen LogP contribution >= 0.6 is 24.0 Å². The predicted octanol–water partition coefficient (Wildman–Crippen LogP) is 2.68. The zero-order valence-electron chi connectivity index (χ0n) is 6.93. The van der Waals surface area contributed by atoms with Gasteiger partial charge >= 0.3 is 0 Å². The molecule has 2 aromatic rings. The Morgan fingerprint density at radius 1 is 1.50 bits per heavy atom. The maximum atomic E-state index is 10.7. The van der Waals surface area contributed by atoms with Gasteiger partial charge in [-0.25, -0.2) is 0 Å². The Morgan fingerprint density at radius 2 is 2.21 bits per heavy atom. The third-order valence-electron chi connectivity index (χ3n) is 1.91. The minimum Gasteiger partial charge on any atom is -0.398 e. The Morgan fingerprint density at radius 3 is 2.86 bits per heavy atom. The van der Waals surface area contributed by atoms with Crippen molar-refractivity contribution in [1.82, 2.24) is 0 Å². The highest BCUT2D eigenvalue weighted by atomic mass is 32.1. The van der Waals surface area contributed by atoms with Crippen molar-refractivity contribution in [2.24, 2.45) is 0 Å². The zero-order valence-corrected chi connectivity index (χ0v) is 8.64. The van der Waals surface area contributed by atoms with E-state index in [9.17, 15) is 10.1 Å². The van der Waals surface area contributed by atoms with Crippen LogP contribution in [0.25, 0.3) is 10.1 Å². The largest absolute Gasteiger partial charge is 0.398 e. The van der Waals surface area contributed by atoms with Crippen LogP contribution in [0.2, 0.25) is 0 Å². The zero-order chi connectivity index (χ0) is 10.3. The minimum atomic E-state index is -0.419. The first kappa shape index (κ1) is 9.29. The molecule has 0 fully saturated rings. The van der Waals surface area contributed by atoms with Crippen LogP contribution < -0.4 is 5.73 Å². The van der Waals surface area contributed by atoms with Gasteiger partial charge in [0, 0.05) is 10.6 Å². The summed E-state index contributed by atoms with van der Waals surface area (Å²) < 4.78 is 0.726. The molecule has 0 radical (unpaired) electrons. The molecule has 0 spiro atoms. The van der Waals surface area contributed by atoms with E-state index in [0.29, 0.717) is 16.0 Å². The van der Waals surface area contributed by atoms with Crippen molar-refractivity contribution < 1.29 is 4.92 Å². The molecule has 6 heteroatoms. The van der Waals surface area contributed by atoms with Crippen molar-refractivity contribution in [1.29, 1.82) is 0 Å². The van der Waals surface area contributed by atoms with Gasteiger partial charge in [-0.15, -0.1) is 24.0 Å². The van der Waals surface area contributed by atoms with Crippen molar-refractivity contribution >= 4 is 45.4 Å². The molecule has 72 valence electrons. The number of thiol groups is 1. The van der Waals surface area contributed by atoms with Crippen LogP contribution in [-0.4, -0.2) is 4.92 Å². The maximum Gasteiger partial charge on any atom is 0.289 e. The average molecular weight is 226 g/mol. The van der Waals surface area contributed by atoms with E-state index in [1.807, 2.05) is 0 Å². The van der Waals surface area contributed by atoms with E-state index >= 15 is 0 Å². The molecule has 0 unspecified atom stereocenters. The van der Waals surface area contributed by atoms with Crippen LogP contribution in [0.5, 0.6) is 0 Å². The summed E-state index contributed by atoms with van der Waals surface area (Å²) in [5.41, 5.74) is 6.32. The van der Waals surface area contributed by atoms with Gasteiger partial charge in [-0.3, -0.25) is 10.1 Å². The molecule has 1 aromatic carbocycles. The molecule has 1 heterocycles. The summed E-state index contributed by atoms with van der Waals surface area (Å²) in [5, 5.41) is 12.7. The lowest BCUT2D eigenvalue weighted by molar-refractivity contribution is -0.382. The van der Waals surface area contributed by atoms with Crippen molar-refractivity contribution in [3.63, 3.8) is 0 Å². The quantitative estimate of drug-likeness (QED) is 0.340. The number of nitrogens with zero attached hydrogens (tertiary/aromatic N) is 1. The van der Waals surface area contributed by atoms with Gasteiger partial charge in [-0.2, -0.15) is 0 Å². The van der Waals surface area contributed by atoms with Crippen LogP contribution in [0.15, 0.2) is 22.4 Å². The molecule has 0 aliphatic heterocycles. The first-order valence-electron chi connectivity index (χ1n) is 3.74. The fourth-order valence-corrected chi connectivity index (χ4v) is 2.62. The second kappa shape index (κ2) is 3.14. The number of anilines is 1. The summed E-state index contributed by atoms with van der Waals surface area (Å²) in [6.07, 6.45) is 0. The van der Waals surface area contributed by atoms with Crippen molar-refractivity contribution in [3.05, 3.63) is 27.6 Å².